The van der Waals surface area contributed by atoms with E-state index in [1.807, 2.05) is 24.3 Å². The molecule has 2 aliphatic rings. The molecule has 5 heteroatoms. The molecule has 0 N–H and O–H groups in total. The van der Waals surface area contributed by atoms with Gasteiger partial charge in [0.05, 0.1) is 19.1 Å². The summed E-state index contributed by atoms with van der Waals surface area (Å²) < 4.78 is 22.2. The zero-order valence-corrected chi connectivity index (χ0v) is 12.0. The number of carbonyl (C=O) groups excluding carboxylic acids is 1. The molecule has 0 aliphatic carbocycles. The second-order valence-corrected chi connectivity index (χ2v) is 5.15. The van der Waals surface area contributed by atoms with E-state index in [0.717, 1.165) is 5.56 Å². The van der Waals surface area contributed by atoms with Crippen LogP contribution in [0.2, 0.25) is 0 Å². The first-order valence-electron chi connectivity index (χ1n) is 7.03. The third-order valence-corrected chi connectivity index (χ3v) is 3.91. The number of ether oxygens (including phenoxy) is 4. The average molecular weight is 298 g/mol. The van der Waals surface area contributed by atoms with Crippen molar-refractivity contribution >= 4 is 5.78 Å². The summed E-state index contributed by atoms with van der Waals surface area (Å²) in [6.45, 7) is 0.142. The number of Topliss-reactive ketones (excluding diaryl/α,β-unsaturated/α-hetero) is 1. The number of para-hydroxylation sites is 1. The lowest BCUT2D eigenvalue weighted by atomic mass is 9.95. The van der Waals surface area contributed by atoms with Crippen LogP contribution in [0.1, 0.15) is 28.4 Å². The van der Waals surface area contributed by atoms with Crippen LogP contribution in [-0.4, -0.2) is 19.7 Å². The molecule has 0 aromatic heterocycles. The van der Waals surface area contributed by atoms with Crippen molar-refractivity contribution in [1.29, 1.82) is 0 Å². The molecule has 1 unspecified atom stereocenters. The van der Waals surface area contributed by atoms with Crippen LogP contribution in [0.25, 0.3) is 0 Å². The summed E-state index contributed by atoms with van der Waals surface area (Å²) in [5.41, 5.74) is 1.39. The molecule has 2 aromatic carbocycles. The van der Waals surface area contributed by atoms with Gasteiger partial charge in [0.15, 0.2) is 17.3 Å². The summed E-state index contributed by atoms with van der Waals surface area (Å²) in [7, 11) is 1.60. The van der Waals surface area contributed by atoms with E-state index in [1.54, 1.807) is 19.2 Å². The molecule has 22 heavy (non-hydrogen) atoms. The fourth-order valence-corrected chi connectivity index (χ4v) is 2.85. The number of ketones is 1. The maximum absolute atomic E-state index is 12.5. The van der Waals surface area contributed by atoms with Crippen molar-refractivity contribution in [2.75, 3.05) is 13.9 Å². The summed E-state index contributed by atoms with van der Waals surface area (Å²) >= 11 is 0. The van der Waals surface area contributed by atoms with Crippen molar-refractivity contribution in [2.24, 2.45) is 0 Å². The molecule has 0 fully saturated rings. The van der Waals surface area contributed by atoms with E-state index in [2.05, 4.69) is 0 Å². The van der Waals surface area contributed by atoms with Crippen LogP contribution in [0, 0.1) is 0 Å². The van der Waals surface area contributed by atoms with E-state index in [4.69, 9.17) is 18.9 Å². The maximum atomic E-state index is 12.5. The van der Waals surface area contributed by atoms with Gasteiger partial charge >= 0.3 is 0 Å². The van der Waals surface area contributed by atoms with Gasteiger partial charge in [0.1, 0.15) is 11.9 Å². The Morgan fingerprint density at radius 2 is 1.95 bits per heavy atom. The van der Waals surface area contributed by atoms with Gasteiger partial charge in [0.2, 0.25) is 12.5 Å². The molecule has 1 atom stereocenters. The van der Waals surface area contributed by atoms with E-state index < -0.39 is 6.10 Å². The van der Waals surface area contributed by atoms with Gasteiger partial charge in [-0.15, -0.1) is 0 Å². The lowest BCUT2D eigenvalue weighted by Gasteiger charge is -2.27. The molecule has 2 heterocycles. The molecule has 0 amide bonds. The normalized spacial score (nSPS) is 18.6. The standard InChI is InChI=1S/C17H14O5/c1-19-13-5-3-2-4-11(13)15-8-12(18)10-6-7-14-17(16(10)22-15)21-9-20-14/h2-7,15H,8-9H2,1H3. The zero-order chi connectivity index (χ0) is 15.1. The van der Waals surface area contributed by atoms with Gasteiger partial charge in [-0.2, -0.15) is 0 Å². The van der Waals surface area contributed by atoms with Crippen LogP contribution < -0.4 is 18.9 Å². The number of carbonyl (C=O) groups is 1. The van der Waals surface area contributed by atoms with Gasteiger partial charge < -0.3 is 18.9 Å². The molecule has 0 saturated heterocycles. The van der Waals surface area contributed by atoms with Crippen LogP contribution in [0.15, 0.2) is 36.4 Å². The second-order valence-electron chi connectivity index (χ2n) is 5.15. The molecule has 112 valence electrons. The molecule has 0 radical (unpaired) electrons. The van der Waals surface area contributed by atoms with Crippen molar-refractivity contribution in [3.8, 4) is 23.0 Å². The highest BCUT2D eigenvalue weighted by molar-refractivity contribution is 6.01. The number of fused-ring (bicyclic) bond motifs is 3. The summed E-state index contributed by atoms with van der Waals surface area (Å²) in [6.07, 6.45) is -0.126. The van der Waals surface area contributed by atoms with Crippen LogP contribution >= 0.6 is 0 Å². The van der Waals surface area contributed by atoms with Gasteiger partial charge in [-0.1, -0.05) is 18.2 Å². The van der Waals surface area contributed by atoms with Crippen LogP contribution in [0.4, 0.5) is 0 Å². The minimum absolute atomic E-state index is 0.0236. The zero-order valence-electron chi connectivity index (χ0n) is 12.0. The maximum Gasteiger partial charge on any atom is 0.231 e. The van der Waals surface area contributed by atoms with Crippen LogP contribution in [0.3, 0.4) is 0 Å². The van der Waals surface area contributed by atoms with E-state index >= 15 is 0 Å². The van der Waals surface area contributed by atoms with Gasteiger partial charge in [0, 0.05) is 5.56 Å². The SMILES string of the molecule is COc1ccccc1C1CC(=O)c2ccc3c(c2O1)OCO3. The highest BCUT2D eigenvalue weighted by Gasteiger charge is 2.34. The van der Waals surface area contributed by atoms with Gasteiger partial charge in [-0.05, 0) is 18.2 Å². The summed E-state index contributed by atoms with van der Waals surface area (Å²) in [5, 5.41) is 0. The quantitative estimate of drug-likeness (QED) is 0.852. The Morgan fingerprint density at radius 3 is 2.82 bits per heavy atom. The van der Waals surface area contributed by atoms with Crippen molar-refractivity contribution in [3.05, 3.63) is 47.5 Å². The van der Waals surface area contributed by atoms with Crippen molar-refractivity contribution in [1.82, 2.24) is 0 Å². The Morgan fingerprint density at radius 1 is 1.09 bits per heavy atom. The Balaban J connectivity index is 1.78. The third kappa shape index (κ3) is 1.89. The van der Waals surface area contributed by atoms with E-state index in [-0.39, 0.29) is 19.0 Å². The first kappa shape index (κ1) is 13.0. The lowest BCUT2D eigenvalue weighted by Crippen LogP contribution is -2.21. The monoisotopic (exact) mass is 298 g/mol. The molecule has 4 rings (SSSR count). The Labute approximate surface area is 127 Å². The Bertz CT molecular complexity index is 753. The lowest BCUT2D eigenvalue weighted by molar-refractivity contribution is 0.0835. The van der Waals surface area contributed by atoms with E-state index in [9.17, 15) is 4.79 Å². The predicted octanol–water partition coefficient (Wildman–Crippen LogP) is 3.13. The average Bonchev–Trinajstić information content (AvgIpc) is 3.03. The summed E-state index contributed by atoms with van der Waals surface area (Å²) in [5.74, 6) is 2.30. The van der Waals surface area contributed by atoms with E-state index in [1.165, 1.54) is 0 Å². The number of rotatable bonds is 2. The third-order valence-electron chi connectivity index (χ3n) is 3.91. The van der Waals surface area contributed by atoms with Gasteiger partial charge in [-0.25, -0.2) is 0 Å². The summed E-state index contributed by atoms with van der Waals surface area (Å²) in [4.78, 5) is 12.5. The molecule has 0 bridgehead atoms. The highest BCUT2D eigenvalue weighted by Crippen LogP contribution is 2.48. The smallest absolute Gasteiger partial charge is 0.231 e. The van der Waals surface area contributed by atoms with Crippen molar-refractivity contribution in [3.63, 3.8) is 0 Å². The molecule has 2 aromatic rings. The topological polar surface area (TPSA) is 54.0 Å². The molecule has 0 saturated carbocycles. The largest absolute Gasteiger partial charge is 0.496 e. The molecule has 0 spiro atoms. The van der Waals surface area contributed by atoms with Crippen LogP contribution in [0.5, 0.6) is 23.0 Å². The molecule has 5 nitrogen and oxygen atoms in total. The Kier molecular flexibility index (Phi) is 2.92. The van der Waals surface area contributed by atoms with Gasteiger partial charge in [0.25, 0.3) is 0 Å². The Hall–Kier alpha value is -2.69. The minimum Gasteiger partial charge on any atom is -0.496 e. The first-order valence-corrected chi connectivity index (χ1v) is 7.03. The van der Waals surface area contributed by atoms with Crippen molar-refractivity contribution < 1.29 is 23.7 Å². The predicted molar refractivity (Wildman–Crippen MR) is 77.9 cm³/mol. The summed E-state index contributed by atoms with van der Waals surface area (Å²) in [6, 6.07) is 11.0. The van der Waals surface area contributed by atoms with E-state index in [0.29, 0.717) is 28.6 Å². The minimum atomic E-state index is -0.396. The fourth-order valence-electron chi connectivity index (χ4n) is 2.85. The molecular weight excluding hydrogens is 284 g/mol. The number of methoxy groups -OCH3 is 1. The number of hydrogen-bond acceptors (Lipinski definition) is 5. The molecule has 2 aliphatic heterocycles. The van der Waals surface area contributed by atoms with Crippen molar-refractivity contribution in [2.45, 2.75) is 12.5 Å². The van der Waals surface area contributed by atoms with Gasteiger partial charge in [-0.3, -0.25) is 4.79 Å². The number of hydrogen-bond donors (Lipinski definition) is 0. The highest BCUT2D eigenvalue weighted by atomic mass is 16.7. The van der Waals surface area contributed by atoms with Crippen LogP contribution in [-0.2, 0) is 0 Å². The number of benzene rings is 2. The fraction of sp³-hybridized carbons (Fsp3) is 0.235. The first-order chi connectivity index (χ1) is 10.8. The molecular formula is C17H14O5. The second kappa shape index (κ2) is 4.94.